The number of furan rings is 1. The summed E-state index contributed by atoms with van der Waals surface area (Å²) < 4.78 is 11.8. The van der Waals surface area contributed by atoms with Crippen molar-refractivity contribution in [1.82, 2.24) is 10.2 Å². The van der Waals surface area contributed by atoms with Gasteiger partial charge in [0.2, 0.25) is 5.91 Å². The third kappa shape index (κ3) is 4.84. The van der Waals surface area contributed by atoms with E-state index >= 15 is 0 Å². The Bertz CT molecular complexity index is 807. The number of nitrogens with one attached hydrogen (secondary N) is 1. The third-order valence-electron chi connectivity index (χ3n) is 6.20. The number of piperidine rings is 1. The summed E-state index contributed by atoms with van der Waals surface area (Å²) in [4.78, 5) is 15.0. The van der Waals surface area contributed by atoms with Crippen LogP contribution in [0.25, 0.3) is 0 Å². The van der Waals surface area contributed by atoms with Gasteiger partial charge in [0.15, 0.2) is 0 Å². The molecular formula is C24H32N2O3. The van der Waals surface area contributed by atoms with Gasteiger partial charge in [-0.15, -0.1) is 0 Å². The summed E-state index contributed by atoms with van der Waals surface area (Å²) in [5.41, 5.74) is 2.23. The van der Waals surface area contributed by atoms with Gasteiger partial charge in [-0.1, -0.05) is 32.0 Å². The third-order valence-corrected chi connectivity index (χ3v) is 6.20. The van der Waals surface area contributed by atoms with Crippen LogP contribution in [0.4, 0.5) is 0 Å². The summed E-state index contributed by atoms with van der Waals surface area (Å²) in [6.07, 6.45) is 6.99. The van der Waals surface area contributed by atoms with Gasteiger partial charge in [-0.25, -0.2) is 0 Å². The first-order valence-corrected chi connectivity index (χ1v) is 10.8. The largest absolute Gasteiger partial charge is 0.487 e. The molecule has 0 unspecified atom stereocenters. The van der Waals surface area contributed by atoms with Crippen molar-refractivity contribution < 1.29 is 13.9 Å². The van der Waals surface area contributed by atoms with Gasteiger partial charge in [-0.3, -0.25) is 9.69 Å². The summed E-state index contributed by atoms with van der Waals surface area (Å²) in [7, 11) is 0. The molecule has 1 aromatic heterocycles. The van der Waals surface area contributed by atoms with Gasteiger partial charge in [0, 0.05) is 44.1 Å². The Morgan fingerprint density at radius 2 is 2.03 bits per heavy atom. The van der Waals surface area contributed by atoms with Gasteiger partial charge < -0.3 is 14.5 Å². The number of carbonyl (C=O) groups excluding carboxylic acids is 1. The van der Waals surface area contributed by atoms with Crippen LogP contribution in [0.3, 0.4) is 0 Å². The molecule has 0 bridgehead atoms. The zero-order valence-electron chi connectivity index (χ0n) is 17.5. The molecule has 5 heteroatoms. The monoisotopic (exact) mass is 396 g/mol. The molecule has 1 saturated heterocycles. The molecule has 3 heterocycles. The highest BCUT2D eigenvalue weighted by atomic mass is 16.5. The van der Waals surface area contributed by atoms with E-state index in [0.717, 1.165) is 51.2 Å². The minimum Gasteiger partial charge on any atom is -0.487 e. The number of ether oxygens (including phenoxy) is 1. The standard InChI is InChI=1S/C24H32N2O3/c1-18(2)15-25-23(27)13-20-14-24(29-22-6-4-3-5-21(20)22)8-10-26(11-9-24)16-19-7-12-28-17-19/h3-7,12,17-18,20H,8-11,13-16H2,1-2H3,(H,25,27)/t20-/m0/s1. The summed E-state index contributed by atoms with van der Waals surface area (Å²) >= 11 is 0. The van der Waals surface area contributed by atoms with Gasteiger partial charge in [-0.05, 0) is 42.9 Å². The molecule has 5 nitrogen and oxygen atoms in total. The van der Waals surface area contributed by atoms with Crippen molar-refractivity contribution in [2.75, 3.05) is 19.6 Å². The van der Waals surface area contributed by atoms with E-state index in [1.165, 1.54) is 11.1 Å². The predicted molar refractivity (Wildman–Crippen MR) is 113 cm³/mol. The fourth-order valence-corrected chi connectivity index (χ4v) is 4.61. The molecule has 2 aliphatic heterocycles. The van der Waals surface area contributed by atoms with Gasteiger partial charge in [0.1, 0.15) is 11.4 Å². The number of benzene rings is 1. The number of hydrogen-bond donors (Lipinski definition) is 1. The van der Waals surface area contributed by atoms with E-state index in [1.807, 2.05) is 24.5 Å². The molecule has 1 atom stereocenters. The Hall–Kier alpha value is -2.27. The molecule has 1 fully saturated rings. The van der Waals surface area contributed by atoms with Crippen molar-refractivity contribution in [2.24, 2.45) is 5.92 Å². The summed E-state index contributed by atoms with van der Waals surface area (Å²) in [6.45, 7) is 7.90. The first-order valence-electron chi connectivity index (χ1n) is 10.8. The van der Waals surface area contributed by atoms with E-state index < -0.39 is 0 Å². The Morgan fingerprint density at radius 3 is 2.76 bits per heavy atom. The molecule has 0 aliphatic carbocycles. The minimum atomic E-state index is -0.162. The summed E-state index contributed by atoms with van der Waals surface area (Å²) in [5.74, 6) is 1.79. The van der Waals surface area contributed by atoms with Gasteiger partial charge in [-0.2, -0.15) is 0 Å². The van der Waals surface area contributed by atoms with Gasteiger partial charge >= 0.3 is 0 Å². The number of rotatable bonds is 6. The van der Waals surface area contributed by atoms with Crippen molar-refractivity contribution in [3.05, 3.63) is 54.0 Å². The van der Waals surface area contributed by atoms with Crippen molar-refractivity contribution >= 4 is 5.91 Å². The maximum absolute atomic E-state index is 12.6. The van der Waals surface area contributed by atoms with Crippen LogP contribution in [0.15, 0.2) is 47.3 Å². The van der Waals surface area contributed by atoms with Crippen molar-refractivity contribution in [1.29, 1.82) is 0 Å². The lowest BCUT2D eigenvalue weighted by Gasteiger charge is -2.47. The molecule has 4 rings (SSSR count). The number of nitrogens with zero attached hydrogens (tertiary/aromatic N) is 1. The Balaban J connectivity index is 1.43. The smallest absolute Gasteiger partial charge is 0.220 e. The normalized spacial score (nSPS) is 21.0. The number of carbonyl (C=O) groups is 1. The number of fused-ring (bicyclic) bond motifs is 1. The van der Waals surface area contributed by atoms with E-state index in [-0.39, 0.29) is 17.4 Å². The summed E-state index contributed by atoms with van der Waals surface area (Å²) in [6, 6.07) is 10.3. The first-order chi connectivity index (χ1) is 14.0. The molecule has 2 aliphatic rings. The molecule has 1 amide bonds. The van der Waals surface area contributed by atoms with Crippen LogP contribution in [-0.2, 0) is 11.3 Å². The second-order valence-corrected chi connectivity index (χ2v) is 9.03. The zero-order chi connectivity index (χ0) is 20.3. The average molecular weight is 397 g/mol. The Morgan fingerprint density at radius 1 is 1.24 bits per heavy atom. The van der Waals surface area contributed by atoms with Crippen LogP contribution in [0.5, 0.6) is 5.75 Å². The van der Waals surface area contributed by atoms with Crippen LogP contribution < -0.4 is 10.1 Å². The average Bonchev–Trinajstić information content (AvgIpc) is 3.21. The second-order valence-electron chi connectivity index (χ2n) is 9.03. The number of para-hydroxylation sites is 1. The first kappa shape index (κ1) is 20.0. The molecule has 1 spiro atoms. The van der Waals surface area contributed by atoms with Crippen molar-refractivity contribution in [3.63, 3.8) is 0 Å². The van der Waals surface area contributed by atoms with Crippen LogP contribution in [0.2, 0.25) is 0 Å². The van der Waals surface area contributed by atoms with Crippen molar-refractivity contribution in [3.8, 4) is 5.75 Å². The highest BCUT2D eigenvalue weighted by Gasteiger charge is 2.43. The lowest BCUT2D eigenvalue weighted by atomic mass is 9.76. The van der Waals surface area contributed by atoms with E-state index in [0.29, 0.717) is 12.3 Å². The number of likely N-dealkylation sites (tertiary alicyclic amines) is 1. The topological polar surface area (TPSA) is 54.7 Å². The highest BCUT2D eigenvalue weighted by Crippen LogP contribution is 2.46. The lowest BCUT2D eigenvalue weighted by Crippen LogP contribution is -2.50. The number of amides is 1. The van der Waals surface area contributed by atoms with Crippen LogP contribution in [0.1, 0.15) is 56.6 Å². The highest BCUT2D eigenvalue weighted by molar-refractivity contribution is 5.77. The van der Waals surface area contributed by atoms with Gasteiger partial charge in [0.25, 0.3) is 0 Å². The van der Waals surface area contributed by atoms with E-state index in [9.17, 15) is 4.79 Å². The molecule has 0 saturated carbocycles. The molecule has 156 valence electrons. The van der Waals surface area contributed by atoms with Gasteiger partial charge in [0.05, 0.1) is 12.5 Å². The van der Waals surface area contributed by atoms with Crippen molar-refractivity contribution in [2.45, 2.75) is 57.6 Å². The maximum atomic E-state index is 12.6. The van der Waals surface area contributed by atoms with E-state index in [1.54, 1.807) is 6.26 Å². The van der Waals surface area contributed by atoms with E-state index in [4.69, 9.17) is 9.15 Å². The fraction of sp³-hybridized carbons (Fsp3) is 0.542. The Labute approximate surface area is 173 Å². The Kier molecular flexibility index (Phi) is 5.95. The molecule has 29 heavy (non-hydrogen) atoms. The molecule has 2 aromatic rings. The number of hydrogen-bond acceptors (Lipinski definition) is 4. The predicted octanol–water partition coefficient (Wildman–Crippen LogP) is 4.34. The fourth-order valence-electron chi connectivity index (χ4n) is 4.61. The van der Waals surface area contributed by atoms with E-state index in [2.05, 4.69) is 36.2 Å². The molecule has 1 aromatic carbocycles. The molecule has 1 N–H and O–H groups in total. The zero-order valence-corrected chi connectivity index (χ0v) is 17.5. The van der Waals surface area contributed by atoms with Crippen LogP contribution >= 0.6 is 0 Å². The minimum absolute atomic E-state index is 0.146. The second kappa shape index (κ2) is 8.62. The van der Waals surface area contributed by atoms with Crippen LogP contribution in [0, 0.1) is 5.92 Å². The lowest BCUT2D eigenvalue weighted by molar-refractivity contribution is -0.122. The molecule has 0 radical (unpaired) electrons. The summed E-state index contributed by atoms with van der Waals surface area (Å²) in [5, 5.41) is 3.09. The SMILES string of the molecule is CC(C)CNC(=O)C[C@H]1CC2(CCN(Cc3ccoc3)CC2)Oc2ccccc21. The van der Waals surface area contributed by atoms with Crippen LogP contribution in [-0.4, -0.2) is 36.0 Å². The maximum Gasteiger partial charge on any atom is 0.220 e. The molecular weight excluding hydrogens is 364 g/mol. The quantitative estimate of drug-likeness (QED) is 0.789.